The van der Waals surface area contributed by atoms with Gasteiger partial charge in [-0.05, 0) is 53.2 Å². The Bertz CT molecular complexity index is 271. The van der Waals surface area contributed by atoms with E-state index in [1.54, 1.807) is 0 Å². The molecule has 0 bridgehead atoms. The molecule has 0 aromatic carbocycles. The quantitative estimate of drug-likeness (QED) is 0.820. The van der Waals surface area contributed by atoms with Crippen molar-refractivity contribution in [1.82, 2.24) is 5.32 Å². The molecule has 1 saturated carbocycles. The zero-order chi connectivity index (χ0) is 12.0. The zero-order valence-electron chi connectivity index (χ0n) is 11.2. The number of hydrogen-bond acceptors (Lipinski definition) is 3. The second kappa shape index (κ2) is 3.89. The van der Waals surface area contributed by atoms with Crippen LogP contribution in [0.3, 0.4) is 0 Å². The van der Waals surface area contributed by atoms with Gasteiger partial charge in [-0.3, -0.25) is 0 Å². The van der Waals surface area contributed by atoms with Crippen LogP contribution in [-0.2, 0) is 4.74 Å². The first-order valence-electron chi connectivity index (χ1n) is 6.27. The van der Waals surface area contributed by atoms with E-state index in [-0.39, 0.29) is 11.2 Å². The van der Waals surface area contributed by atoms with E-state index in [4.69, 9.17) is 4.74 Å². The van der Waals surface area contributed by atoms with Crippen molar-refractivity contribution in [2.24, 2.45) is 0 Å². The molecule has 2 aliphatic rings. The SMILES string of the molecule is CSC1(CNC2CC(C)(C)OC2(C)C)CC1. The molecule has 94 valence electrons. The van der Waals surface area contributed by atoms with Gasteiger partial charge in [0.1, 0.15) is 0 Å². The van der Waals surface area contributed by atoms with Crippen molar-refractivity contribution >= 4 is 11.8 Å². The summed E-state index contributed by atoms with van der Waals surface area (Å²) in [6.45, 7) is 9.94. The lowest BCUT2D eigenvalue weighted by molar-refractivity contribution is -0.0697. The Morgan fingerprint density at radius 2 is 1.88 bits per heavy atom. The summed E-state index contributed by atoms with van der Waals surface area (Å²) in [6.07, 6.45) is 6.09. The fraction of sp³-hybridized carbons (Fsp3) is 1.00. The van der Waals surface area contributed by atoms with Gasteiger partial charge >= 0.3 is 0 Å². The average molecular weight is 243 g/mol. The number of hydrogen-bond donors (Lipinski definition) is 1. The lowest BCUT2D eigenvalue weighted by Gasteiger charge is -2.29. The highest BCUT2D eigenvalue weighted by Crippen LogP contribution is 2.47. The lowest BCUT2D eigenvalue weighted by Crippen LogP contribution is -2.46. The molecule has 16 heavy (non-hydrogen) atoms. The van der Waals surface area contributed by atoms with E-state index >= 15 is 0 Å². The maximum atomic E-state index is 6.10. The third-order valence-corrected chi connectivity index (χ3v) is 5.40. The lowest BCUT2D eigenvalue weighted by atomic mass is 9.94. The molecule has 1 N–H and O–H groups in total. The second-order valence-electron chi connectivity index (χ2n) is 6.49. The highest BCUT2D eigenvalue weighted by molar-refractivity contribution is 8.00. The largest absolute Gasteiger partial charge is 0.368 e. The number of rotatable bonds is 4. The van der Waals surface area contributed by atoms with Crippen molar-refractivity contribution in [3.8, 4) is 0 Å². The summed E-state index contributed by atoms with van der Waals surface area (Å²) >= 11 is 2.02. The predicted molar refractivity (Wildman–Crippen MR) is 71.1 cm³/mol. The predicted octanol–water partition coefficient (Wildman–Crippen LogP) is 2.82. The standard InChI is InChI=1S/C13H25NOS/c1-11(2)8-10(12(3,4)15-11)14-9-13(16-5)6-7-13/h10,14H,6-9H2,1-5H3. The third-order valence-electron chi connectivity index (χ3n) is 3.99. The summed E-state index contributed by atoms with van der Waals surface area (Å²) < 4.78 is 6.64. The first kappa shape index (κ1) is 12.7. The van der Waals surface area contributed by atoms with Crippen LogP contribution in [0.1, 0.15) is 47.0 Å². The van der Waals surface area contributed by atoms with Gasteiger partial charge in [0.2, 0.25) is 0 Å². The molecule has 2 nitrogen and oxygen atoms in total. The molecule has 1 unspecified atom stereocenters. The van der Waals surface area contributed by atoms with E-state index in [9.17, 15) is 0 Å². The molecule has 1 saturated heterocycles. The van der Waals surface area contributed by atoms with E-state index in [0.29, 0.717) is 10.8 Å². The van der Waals surface area contributed by atoms with E-state index < -0.39 is 0 Å². The third kappa shape index (κ3) is 2.57. The van der Waals surface area contributed by atoms with Crippen molar-refractivity contribution in [1.29, 1.82) is 0 Å². The molecule has 1 atom stereocenters. The van der Waals surface area contributed by atoms with Crippen LogP contribution in [0.2, 0.25) is 0 Å². The summed E-state index contributed by atoms with van der Waals surface area (Å²) in [5.41, 5.74) is -0.00474. The Kier molecular flexibility index (Phi) is 3.09. The van der Waals surface area contributed by atoms with Gasteiger partial charge in [0.25, 0.3) is 0 Å². The van der Waals surface area contributed by atoms with Gasteiger partial charge in [-0.2, -0.15) is 11.8 Å². The summed E-state index contributed by atoms with van der Waals surface area (Å²) in [5.74, 6) is 0. The van der Waals surface area contributed by atoms with Crippen LogP contribution in [0.4, 0.5) is 0 Å². The highest BCUT2D eigenvalue weighted by Gasteiger charge is 2.48. The molecule has 1 aliphatic heterocycles. The van der Waals surface area contributed by atoms with E-state index in [1.165, 1.54) is 12.8 Å². The molecule has 1 heterocycles. The fourth-order valence-electron chi connectivity index (χ4n) is 2.78. The van der Waals surface area contributed by atoms with E-state index in [0.717, 1.165) is 13.0 Å². The summed E-state index contributed by atoms with van der Waals surface area (Å²) in [5, 5.41) is 3.74. The normalized spacial score (nSPS) is 33.9. The molecule has 1 aliphatic carbocycles. The van der Waals surface area contributed by atoms with Gasteiger partial charge < -0.3 is 10.1 Å². The molecule has 0 amide bonds. The molecule has 3 heteroatoms. The number of ether oxygens (including phenoxy) is 1. The highest BCUT2D eigenvalue weighted by atomic mass is 32.2. The minimum absolute atomic E-state index is 0.0250. The molecule has 0 spiro atoms. The Hall–Kier alpha value is 0.270. The maximum Gasteiger partial charge on any atom is 0.0787 e. The van der Waals surface area contributed by atoms with Crippen LogP contribution in [0.25, 0.3) is 0 Å². The van der Waals surface area contributed by atoms with Crippen LogP contribution in [0, 0.1) is 0 Å². The van der Waals surface area contributed by atoms with Gasteiger partial charge in [-0.25, -0.2) is 0 Å². The van der Waals surface area contributed by atoms with E-state index in [2.05, 4.69) is 39.3 Å². The minimum Gasteiger partial charge on any atom is -0.368 e. The number of thioether (sulfide) groups is 1. The Morgan fingerprint density at radius 1 is 1.25 bits per heavy atom. The van der Waals surface area contributed by atoms with Crippen molar-refractivity contribution in [2.75, 3.05) is 12.8 Å². The van der Waals surface area contributed by atoms with Crippen LogP contribution >= 0.6 is 11.8 Å². The van der Waals surface area contributed by atoms with Gasteiger partial charge in [-0.15, -0.1) is 0 Å². The van der Waals surface area contributed by atoms with Gasteiger partial charge in [0, 0.05) is 17.3 Å². The topological polar surface area (TPSA) is 21.3 Å². The minimum atomic E-state index is -0.0298. The van der Waals surface area contributed by atoms with Gasteiger partial charge in [0.15, 0.2) is 0 Å². The molecule has 0 radical (unpaired) electrons. The average Bonchev–Trinajstić information content (AvgIpc) is 2.86. The molecule has 2 fully saturated rings. The second-order valence-corrected chi connectivity index (χ2v) is 7.76. The summed E-state index contributed by atoms with van der Waals surface area (Å²) in [7, 11) is 0. The smallest absolute Gasteiger partial charge is 0.0787 e. The van der Waals surface area contributed by atoms with Crippen molar-refractivity contribution < 1.29 is 4.74 Å². The zero-order valence-corrected chi connectivity index (χ0v) is 12.0. The maximum absolute atomic E-state index is 6.10. The first-order valence-corrected chi connectivity index (χ1v) is 7.50. The molecule has 0 aromatic heterocycles. The Labute approximate surface area is 104 Å². The van der Waals surface area contributed by atoms with Gasteiger partial charge in [0.05, 0.1) is 11.2 Å². The van der Waals surface area contributed by atoms with Crippen LogP contribution < -0.4 is 5.32 Å². The first-order chi connectivity index (χ1) is 7.29. The Morgan fingerprint density at radius 3 is 2.25 bits per heavy atom. The van der Waals surface area contributed by atoms with Crippen LogP contribution in [-0.4, -0.2) is 34.8 Å². The summed E-state index contributed by atoms with van der Waals surface area (Å²) in [4.78, 5) is 0. The van der Waals surface area contributed by atoms with E-state index in [1.807, 2.05) is 11.8 Å². The molecular weight excluding hydrogens is 218 g/mol. The fourth-order valence-corrected chi connectivity index (χ4v) is 3.52. The molecule has 2 rings (SSSR count). The Balaban J connectivity index is 1.90. The monoisotopic (exact) mass is 243 g/mol. The van der Waals surface area contributed by atoms with Crippen molar-refractivity contribution in [2.45, 2.75) is 68.9 Å². The van der Waals surface area contributed by atoms with Crippen molar-refractivity contribution in [3.63, 3.8) is 0 Å². The molecular formula is C13H25NOS. The van der Waals surface area contributed by atoms with Crippen LogP contribution in [0.15, 0.2) is 0 Å². The summed E-state index contributed by atoms with van der Waals surface area (Å²) in [6, 6.07) is 0.493. The van der Waals surface area contributed by atoms with Gasteiger partial charge in [-0.1, -0.05) is 0 Å². The molecule has 0 aromatic rings. The van der Waals surface area contributed by atoms with Crippen molar-refractivity contribution in [3.05, 3.63) is 0 Å². The number of nitrogens with one attached hydrogen (secondary N) is 1. The van der Waals surface area contributed by atoms with Crippen LogP contribution in [0.5, 0.6) is 0 Å².